The number of carbonyl (C=O) groups is 1. The molecule has 96 valence electrons. The fourth-order valence-electron chi connectivity index (χ4n) is 3.53. The Kier molecular flexibility index (Phi) is 2.09. The lowest BCUT2D eigenvalue weighted by Gasteiger charge is -2.24. The van der Waals surface area contributed by atoms with Crippen molar-refractivity contribution in [1.82, 2.24) is 9.78 Å². The van der Waals surface area contributed by atoms with Crippen LogP contribution in [0.3, 0.4) is 0 Å². The third kappa shape index (κ3) is 1.37. The molecule has 1 aromatic rings. The minimum Gasteiger partial charge on any atom is -0.476 e. The summed E-state index contributed by atoms with van der Waals surface area (Å²) in [6.07, 6.45) is 4.04. The number of ether oxygens (including phenoxy) is 1. The molecule has 1 saturated carbocycles. The van der Waals surface area contributed by atoms with E-state index in [4.69, 9.17) is 4.74 Å². The topological polar surface area (TPSA) is 64.3 Å². The number of carboxylic acid groups (broad SMARTS) is 1. The van der Waals surface area contributed by atoms with Crippen LogP contribution in [0, 0.1) is 5.92 Å². The summed E-state index contributed by atoms with van der Waals surface area (Å²) in [5.41, 5.74) is 2.53. The summed E-state index contributed by atoms with van der Waals surface area (Å²) >= 11 is 0. The zero-order valence-electron chi connectivity index (χ0n) is 10.1. The highest BCUT2D eigenvalue weighted by Gasteiger charge is 2.50. The number of aromatic carboxylic acids is 1. The summed E-state index contributed by atoms with van der Waals surface area (Å²) in [6.45, 7) is 1.52. The minimum absolute atomic E-state index is 0.295. The largest absolute Gasteiger partial charge is 0.476 e. The average Bonchev–Trinajstić information content (AvgIpc) is 2.88. The first kappa shape index (κ1) is 10.6. The molecule has 1 N–H and O–H groups in total. The lowest BCUT2D eigenvalue weighted by molar-refractivity contribution is 0.0638. The summed E-state index contributed by atoms with van der Waals surface area (Å²) in [5.74, 6) is 0.406. The molecule has 4 rings (SSSR count). The number of aromatic nitrogens is 2. The molecule has 2 fully saturated rings. The van der Waals surface area contributed by atoms with Gasteiger partial charge >= 0.3 is 5.97 Å². The Labute approximate surface area is 105 Å². The SMILES string of the molecule is O=C(O)c1nn(C2CCOCC2)c2c1C[C@H]1C[C@@H]21. The van der Waals surface area contributed by atoms with Crippen LogP contribution >= 0.6 is 0 Å². The Morgan fingerprint density at radius 1 is 1.39 bits per heavy atom. The maximum absolute atomic E-state index is 11.3. The molecule has 18 heavy (non-hydrogen) atoms. The third-order valence-corrected chi connectivity index (χ3v) is 4.53. The zero-order valence-corrected chi connectivity index (χ0v) is 10.1. The number of hydrogen-bond acceptors (Lipinski definition) is 3. The van der Waals surface area contributed by atoms with Crippen LogP contribution in [-0.2, 0) is 11.2 Å². The van der Waals surface area contributed by atoms with Crippen LogP contribution in [0.5, 0.6) is 0 Å². The van der Waals surface area contributed by atoms with Crippen molar-refractivity contribution >= 4 is 5.97 Å². The van der Waals surface area contributed by atoms with Crippen molar-refractivity contribution in [2.24, 2.45) is 5.92 Å². The smallest absolute Gasteiger partial charge is 0.356 e. The predicted molar refractivity (Wildman–Crippen MR) is 62.8 cm³/mol. The summed E-state index contributed by atoms with van der Waals surface area (Å²) in [4.78, 5) is 11.3. The second kappa shape index (κ2) is 3.57. The van der Waals surface area contributed by atoms with E-state index in [9.17, 15) is 9.90 Å². The van der Waals surface area contributed by atoms with Crippen molar-refractivity contribution in [2.45, 2.75) is 37.6 Å². The van der Waals surface area contributed by atoms with Crippen molar-refractivity contribution in [3.8, 4) is 0 Å². The minimum atomic E-state index is -0.877. The standard InChI is InChI=1S/C13H16N2O3/c16-13(17)11-10-6-7-5-9(7)12(10)15(14-11)8-1-3-18-4-2-8/h7-9H,1-6H2,(H,16,17)/t7-,9-/m1/s1. The van der Waals surface area contributed by atoms with Gasteiger partial charge in [0.1, 0.15) is 0 Å². The molecular weight excluding hydrogens is 232 g/mol. The van der Waals surface area contributed by atoms with Gasteiger partial charge in [0, 0.05) is 30.4 Å². The van der Waals surface area contributed by atoms with Crippen molar-refractivity contribution in [3.63, 3.8) is 0 Å². The predicted octanol–water partition coefficient (Wildman–Crippen LogP) is 1.59. The van der Waals surface area contributed by atoms with E-state index in [1.165, 1.54) is 12.1 Å². The molecule has 3 aliphatic rings. The van der Waals surface area contributed by atoms with E-state index in [1.54, 1.807) is 0 Å². The van der Waals surface area contributed by atoms with Crippen LogP contribution in [0.2, 0.25) is 0 Å². The number of nitrogens with zero attached hydrogens (tertiary/aromatic N) is 2. The maximum atomic E-state index is 11.3. The van der Waals surface area contributed by atoms with Gasteiger partial charge in [0.25, 0.3) is 0 Å². The average molecular weight is 248 g/mol. The van der Waals surface area contributed by atoms with E-state index in [2.05, 4.69) is 5.10 Å². The lowest BCUT2D eigenvalue weighted by atomic mass is 10.1. The monoisotopic (exact) mass is 248 g/mol. The molecule has 5 heteroatoms. The number of fused-ring (bicyclic) bond motifs is 3. The van der Waals surface area contributed by atoms with E-state index in [0.29, 0.717) is 23.6 Å². The highest BCUT2D eigenvalue weighted by Crippen LogP contribution is 2.57. The molecule has 1 saturated heterocycles. The quantitative estimate of drug-likeness (QED) is 0.863. The first-order valence-electron chi connectivity index (χ1n) is 6.68. The van der Waals surface area contributed by atoms with Gasteiger partial charge in [-0.25, -0.2) is 4.79 Å². The molecule has 0 aromatic carbocycles. The Morgan fingerprint density at radius 2 is 2.17 bits per heavy atom. The van der Waals surface area contributed by atoms with Gasteiger partial charge in [0.15, 0.2) is 5.69 Å². The summed E-state index contributed by atoms with van der Waals surface area (Å²) < 4.78 is 7.40. The normalized spacial score (nSPS) is 30.0. The van der Waals surface area contributed by atoms with Gasteiger partial charge in [-0.15, -0.1) is 0 Å². The highest BCUT2D eigenvalue weighted by molar-refractivity contribution is 5.88. The van der Waals surface area contributed by atoms with E-state index < -0.39 is 5.97 Å². The third-order valence-electron chi connectivity index (χ3n) is 4.53. The first-order chi connectivity index (χ1) is 8.75. The van der Waals surface area contributed by atoms with Crippen LogP contribution in [0.25, 0.3) is 0 Å². The molecule has 0 unspecified atom stereocenters. The van der Waals surface area contributed by atoms with Gasteiger partial charge in [-0.3, -0.25) is 4.68 Å². The highest BCUT2D eigenvalue weighted by atomic mass is 16.5. The van der Waals surface area contributed by atoms with Crippen LogP contribution in [0.4, 0.5) is 0 Å². The molecule has 0 bridgehead atoms. The molecule has 2 heterocycles. The second-order valence-electron chi connectivity index (χ2n) is 5.61. The Morgan fingerprint density at radius 3 is 2.89 bits per heavy atom. The number of hydrogen-bond donors (Lipinski definition) is 1. The molecule has 0 radical (unpaired) electrons. The van der Waals surface area contributed by atoms with Gasteiger partial charge in [-0.2, -0.15) is 5.10 Å². The molecular formula is C13H16N2O3. The van der Waals surface area contributed by atoms with Crippen LogP contribution < -0.4 is 0 Å². The Balaban J connectivity index is 1.78. The molecule has 2 atom stereocenters. The van der Waals surface area contributed by atoms with Gasteiger partial charge in [-0.1, -0.05) is 0 Å². The van der Waals surface area contributed by atoms with E-state index in [0.717, 1.165) is 38.0 Å². The van der Waals surface area contributed by atoms with Crippen LogP contribution in [-0.4, -0.2) is 34.1 Å². The first-order valence-corrected chi connectivity index (χ1v) is 6.68. The fourth-order valence-corrected chi connectivity index (χ4v) is 3.53. The van der Waals surface area contributed by atoms with Crippen molar-refractivity contribution in [3.05, 3.63) is 17.0 Å². The van der Waals surface area contributed by atoms with Gasteiger partial charge in [0.2, 0.25) is 0 Å². The molecule has 0 amide bonds. The Hall–Kier alpha value is -1.36. The van der Waals surface area contributed by atoms with Gasteiger partial charge in [-0.05, 0) is 31.6 Å². The van der Waals surface area contributed by atoms with E-state index >= 15 is 0 Å². The van der Waals surface area contributed by atoms with Crippen molar-refractivity contribution in [2.75, 3.05) is 13.2 Å². The lowest BCUT2D eigenvalue weighted by Crippen LogP contribution is -2.22. The summed E-state index contributed by atoms with van der Waals surface area (Å²) in [7, 11) is 0. The second-order valence-corrected chi connectivity index (χ2v) is 5.61. The summed E-state index contributed by atoms with van der Waals surface area (Å²) in [6, 6.07) is 0.333. The van der Waals surface area contributed by atoms with Gasteiger partial charge < -0.3 is 9.84 Å². The number of rotatable bonds is 2. The zero-order chi connectivity index (χ0) is 12.3. The van der Waals surface area contributed by atoms with E-state index in [-0.39, 0.29) is 0 Å². The number of carboxylic acids is 1. The van der Waals surface area contributed by atoms with Crippen LogP contribution in [0.1, 0.15) is 53.0 Å². The molecule has 1 aromatic heterocycles. The summed E-state index contributed by atoms with van der Waals surface area (Å²) in [5, 5.41) is 13.7. The molecule has 1 aliphatic heterocycles. The molecule has 5 nitrogen and oxygen atoms in total. The van der Waals surface area contributed by atoms with Crippen molar-refractivity contribution in [1.29, 1.82) is 0 Å². The Bertz CT molecular complexity index is 517. The molecule has 2 aliphatic carbocycles. The molecule has 0 spiro atoms. The maximum Gasteiger partial charge on any atom is 0.356 e. The van der Waals surface area contributed by atoms with Gasteiger partial charge in [0.05, 0.1) is 6.04 Å². The van der Waals surface area contributed by atoms with E-state index in [1.807, 2.05) is 4.68 Å². The fraction of sp³-hybridized carbons (Fsp3) is 0.692. The van der Waals surface area contributed by atoms with Crippen LogP contribution in [0.15, 0.2) is 0 Å². The van der Waals surface area contributed by atoms with Crippen molar-refractivity contribution < 1.29 is 14.6 Å².